The van der Waals surface area contributed by atoms with E-state index in [1.807, 2.05) is 13.0 Å². The summed E-state index contributed by atoms with van der Waals surface area (Å²) >= 11 is 0. The van der Waals surface area contributed by atoms with E-state index in [-0.39, 0.29) is 22.8 Å². The summed E-state index contributed by atoms with van der Waals surface area (Å²) in [5.74, 6) is -1.38. The van der Waals surface area contributed by atoms with Crippen LogP contribution in [-0.4, -0.2) is 19.9 Å². The van der Waals surface area contributed by atoms with Crippen molar-refractivity contribution in [2.75, 3.05) is 5.32 Å². The zero-order valence-corrected chi connectivity index (χ0v) is 16.3. The highest BCUT2D eigenvalue weighted by Crippen LogP contribution is 2.33. The van der Waals surface area contributed by atoms with Crippen LogP contribution in [0.15, 0.2) is 61.1 Å². The summed E-state index contributed by atoms with van der Waals surface area (Å²) in [5.41, 5.74) is 1.96. The molecule has 0 bridgehead atoms. The molecule has 31 heavy (non-hydrogen) atoms. The third-order valence-corrected chi connectivity index (χ3v) is 5.14. The topological polar surface area (TPSA) is 66.5 Å². The Morgan fingerprint density at radius 2 is 1.77 bits per heavy atom. The van der Waals surface area contributed by atoms with Crippen molar-refractivity contribution in [3.05, 3.63) is 84.1 Å². The Labute approximate surface area is 175 Å². The van der Waals surface area contributed by atoms with Gasteiger partial charge in [0.25, 0.3) is 0 Å². The number of para-hydroxylation sites is 1. The van der Waals surface area contributed by atoms with Gasteiger partial charge in [-0.3, -0.25) is 0 Å². The summed E-state index contributed by atoms with van der Waals surface area (Å²) in [7, 11) is 0. The van der Waals surface area contributed by atoms with Crippen LogP contribution in [0.25, 0.3) is 33.2 Å². The van der Waals surface area contributed by atoms with Gasteiger partial charge in [-0.25, -0.2) is 28.1 Å². The van der Waals surface area contributed by atoms with E-state index >= 15 is 0 Å². The highest BCUT2D eigenvalue weighted by atomic mass is 19.1. The number of anilines is 1. The van der Waals surface area contributed by atoms with Gasteiger partial charge in [0.15, 0.2) is 0 Å². The molecule has 8 heteroatoms. The standard InChI is InChI=1S/C23H16F3N5/c1-12(30-23-17-5-6-27-22(17)28-11-29-23)18-9-13-3-2-4-19(26)21(13)31-20(18)14-7-15(24)10-16(25)8-14/h2-12H,1H3,(H2,27,28,29,30)/t12-/m0/s1. The van der Waals surface area contributed by atoms with E-state index in [0.717, 1.165) is 11.5 Å². The number of aromatic nitrogens is 4. The van der Waals surface area contributed by atoms with Gasteiger partial charge in [0.2, 0.25) is 0 Å². The van der Waals surface area contributed by atoms with Gasteiger partial charge in [-0.2, -0.15) is 0 Å². The van der Waals surface area contributed by atoms with E-state index in [1.54, 1.807) is 24.4 Å². The Bertz CT molecular complexity index is 1410. The maximum atomic E-state index is 14.4. The molecule has 5 nitrogen and oxygen atoms in total. The number of nitrogens with zero attached hydrogens (tertiary/aromatic N) is 3. The molecule has 0 radical (unpaired) electrons. The van der Waals surface area contributed by atoms with Crippen LogP contribution in [0.3, 0.4) is 0 Å². The first-order chi connectivity index (χ1) is 15.0. The van der Waals surface area contributed by atoms with Gasteiger partial charge in [-0.05, 0) is 37.3 Å². The first-order valence-electron chi connectivity index (χ1n) is 9.60. The lowest BCUT2D eigenvalue weighted by Gasteiger charge is -2.20. The minimum Gasteiger partial charge on any atom is -0.363 e. The van der Waals surface area contributed by atoms with Gasteiger partial charge in [0, 0.05) is 28.8 Å². The van der Waals surface area contributed by atoms with Crippen LogP contribution in [0.2, 0.25) is 0 Å². The number of nitrogens with one attached hydrogen (secondary N) is 2. The number of halogens is 3. The molecule has 1 atom stereocenters. The minimum absolute atomic E-state index is 0.133. The third-order valence-electron chi connectivity index (χ3n) is 5.14. The fraction of sp³-hybridized carbons (Fsp3) is 0.0870. The van der Waals surface area contributed by atoms with E-state index in [0.29, 0.717) is 22.4 Å². The summed E-state index contributed by atoms with van der Waals surface area (Å²) in [5, 5.41) is 4.69. The van der Waals surface area contributed by atoms with Crippen LogP contribution < -0.4 is 5.32 Å². The molecule has 0 saturated heterocycles. The highest BCUT2D eigenvalue weighted by Gasteiger charge is 2.19. The van der Waals surface area contributed by atoms with Crippen molar-refractivity contribution in [1.82, 2.24) is 19.9 Å². The molecule has 0 fully saturated rings. The van der Waals surface area contributed by atoms with E-state index in [9.17, 15) is 13.2 Å². The lowest BCUT2D eigenvalue weighted by molar-refractivity contribution is 0.584. The number of hydrogen-bond acceptors (Lipinski definition) is 4. The fourth-order valence-electron chi connectivity index (χ4n) is 3.70. The van der Waals surface area contributed by atoms with Crippen LogP contribution in [0, 0.1) is 17.5 Å². The average molecular weight is 419 g/mol. The maximum absolute atomic E-state index is 14.4. The monoisotopic (exact) mass is 419 g/mol. The molecule has 0 saturated carbocycles. The second-order valence-corrected chi connectivity index (χ2v) is 7.22. The predicted octanol–water partition coefficient (Wildman–Crippen LogP) is 5.76. The van der Waals surface area contributed by atoms with E-state index < -0.39 is 17.5 Å². The molecule has 0 aliphatic rings. The number of aromatic amines is 1. The van der Waals surface area contributed by atoms with Crippen molar-refractivity contribution in [3.8, 4) is 11.3 Å². The third kappa shape index (κ3) is 3.46. The Morgan fingerprint density at radius 3 is 2.58 bits per heavy atom. The summed E-state index contributed by atoms with van der Waals surface area (Å²) < 4.78 is 42.3. The lowest BCUT2D eigenvalue weighted by atomic mass is 9.98. The predicted molar refractivity (Wildman–Crippen MR) is 113 cm³/mol. The van der Waals surface area contributed by atoms with Gasteiger partial charge in [-0.1, -0.05) is 12.1 Å². The first kappa shape index (κ1) is 19.0. The number of H-pyrrole nitrogens is 1. The molecule has 5 rings (SSSR count). The normalized spacial score (nSPS) is 12.4. The van der Waals surface area contributed by atoms with Crippen molar-refractivity contribution >= 4 is 27.8 Å². The maximum Gasteiger partial charge on any atom is 0.149 e. The van der Waals surface area contributed by atoms with Gasteiger partial charge in [-0.15, -0.1) is 0 Å². The van der Waals surface area contributed by atoms with Crippen LogP contribution >= 0.6 is 0 Å². The number of pyridine rings is 1. The van der Waals surface area contributed by atoms with Crippen molar-refractivity contribution < 1.29 is 13.2 Å². The van der Waals surface area contributed by atoms with Crippen LogP contribution in [-0.2, 0) is 0 Å². The van der Waals surface area contributed by atoms with Gasteiger partial charge >= 0.3 is 0 Å². The molecule has 0 aliphatic heterocycles. The molecule has 2 N–H and O–H groups in total. The van der Waals surface area contributed by atoms with Crippen LogP contribution in [0.5, 0.6) is 0 Å². The molecule has 5 aromatic rings. The second-order valence-electron chi connectivity index (χ2n) is 7.22. The Kier molecular flexibility index (Phi) is 4.54. The number of rotatable bonds is 4. The molecule has 3 heterocycles. The summed E-state index contributed by atoms with van der Waals surface area (Å²) in [6.45, 7) is 1.88. The van der Waals surface area contributed by atoms with Crippen LogP contribution in [0.4, 0.5) is 19.0 Å². The van der Waals surface area contributed by atoms with Crippen LogP contribution in [0.1, 0.15) is 18.5 Å². The quantitative estimate of drug-likeness (QED) is 0.389. The number of benzene rings is 2. The number of hydrogen-bond donors (Lipinski definition) is 2. The summed E-state index contributed by atoms with van der Waals surface area (Å²) in [4.78, 5) is 16.0. The molecule has 0 aliphatic carbocycles. The molecule has 2 aromatic carbocycles. The van der Waals surface area contributed by atoms with Crippen molar-refractivity contribution in [3.63, 3.8) is 0 Å². The average Bonchev–Trinajstić information content (AvgIpc) is 3.22. The zero-order valence-electron chi connectivity index (χ0n) is 16.3. The largest absolute Gasteiger partial charge is 0.363 e. The Morgan fingerprint density at radius 1 is 0.968 bits per heavy atom. The van der Waals surface area contributed by atoms with Gasteiger partial charge in [0.1, 0.15) is 40.8 Å². The Balaban J connectivity index is 1.68. The van der Waals surface area contributed by atoms with Crippen molar-refractivity contribution in [2.45, 2.75) is 13.0 Å². The SMILES string of the molecule is C[C@H](Nc1ncnc2[nH]ccc12)c1cc2cccc(F)c2nc1-c1cc(F)cc(F)c1. The molecular weight excluding hydrogens is 403 g/mol. The second kappa shape index (κ2) is 7.39. The minimum atomic E-state index is -0.734. The number of fused-ring (bicyclic) bond motifs is 2. The molecule has 3 aromatic heterocycles. The molecule has 0 amide bonds. The molecule has 0 unspecified atom stereocenters. The first-order valence-corrected chi connectivity index (χ1v) is 9.60. The van der Waals surface area contributed by atoms with Gasteiger partial charge in [0.05, 0.1) is 17.1 Å². The summed E-state index contributed by atoms with van der Waals surface area (Å²) in [6, 6.07) is 11.1. The van der Waals surface area contributed by atoms with Crippen molar-refractivity contribution in [2.24, 2.45) is 0 Å². The van der Waals surface area contributed by atoms with E-state index in [1.165, 1.54) is 24.5 Å². The highest BCUT2D eigenvalue weighted by molar-refractivity contribution is 5.88. The zero-order chi connectivity index (χ0) is 21.5. The summed E-state index contributed by atoms with van der Waals surface area (Å²) in [6.07, 6.45) is 3.20. The van der Waals surface area contributed by atoms with E-state index in [4.69, 9.17) is 0 Å². The fourth-order valence-corrected chi connectivity index (χ4v) is 3.70. The smallest absolute Gasteiger partial charge is 0.149 e. The molecule has 0 spiro atoms. The molecular formula is C23H16F3N5. The van der Waals surface area contributed by atoms with E-state index in [2.05, 4.69) is 25.3 Å². The van der Waals surface area contributed by atoms with Crippen molar-refractivity contribution in [1.29, 1.82) is 0 Å². The molecule has 154 valence electrons. The lowest BCUT2D eigenvalue weighted by Crippen LogP contribution is -2.11. The Hall–Kier alpha value is -3.94. The van der Waals surface area contributed by atoms with Gasteiger partial charge < -0.3 is 10.3 Å².